The first-order valence-corrected chi connectivity index (χ1v) is 10.4. The molecule has 1 aromatic carbocycles. The van der Waals surface area contributed by atoms with Gasteiger partial charge < -0.3 is 9.72 Å². The smallest absolute Gasteiger partial charge is 0.341 e. The van der Waals surface area contributed by atoms with Gasteiger partial charge in [0.15, 0.2) is 0 Å². The first-order chi connectivity index (χ1) is 13.6. The summed E-state index contributed by atoms with van der Waals surface area (Å²) < 4.78 is 5.22. The lowest BCUT2D eigenvalue weighted by Crippen LogP contribution is -2.15. The molecule has 0 unspecified atom stereocenters. The van der Waals surface area contributed by atoms with E-state index < -0.39 is 5.97 Å². The summed E-state index contributed by atoms with van der Waals surface area (Å²) in [5.74, 6) is -0.290. The molecule has 0 aliphatic heterocycles. The van der Waals surface area contributed by atoms with E-state index in [1.165, 1.54) is 16.9 Å². The number of carbonyl (C=O) groups excluding carboxylic acids is 1. The van der Waals surface area contributed by atoms with E-state index in [9.17, 15) is 9.59 Å². The number of hydrogen-bond acceptors (Lipinski definition) is 5. The van der Waals surface area contributed by atoms with Gasteiger partial charge in [0.25, 0.3) is 5.56 Å². The highest BCUT2D eigenvalue weighted by Crippen LogP contribution is 2.28. The average molecular weight is 411 g/mol. The molecule has 0 amide bonds. The highest BCUT2D eigenvalue weighted by atomic mass is 32.1. The van der Waals surface area contributed by atoms with Crippen molar-refractivity contribution < 1.29 is 9.53 Å². The summed E-state index contributed by atoms with van der Waals surface area (Å²) in [5.41, 5.74) is 2.99. The van der Waals surface area contributed by atoms with E-state index in [1.54, 1.807) is 13.0 Å². The summed E-state index contributed by atoms with van der Waals surface area (Å²) in [6.45, 7) is 12.3. The number of aryl methyl sites for hydroxylation is 2. The lowest BCUT2D eigenvalue weighted by molar-refractivity contribution is -0.136. The average Bonchev–Trinajstić information content (AvgIpc) is 2.93. The first kappa shape index (κ1) is 21.0. The van der Waals surface area contributed by atoms with Crippen LogP contribution < -0.4 is 5.56 Å². The predicted molar refractivity (Wildman–Crippen MR) is 119 cm³/mol. The molecule has 0 bridgehead atoms. The molecule has 3 aromatic rings. The summed E-state index contributed by atoms with van der Waals surface area (Å²) in [5, 5.41) is 0.578. The fraction of sp³-hybridized carbons (Fsp3) is 0.348. The van der Waals surface area contributed by atoms with Crippen molar-refractivity contribution in [1.29, 1.82) is 0 Å². The molecule has 0 saturated heterocycles. The lowest BCUT2D eigenvalue weighted by Gasteiger charge is -2.18. The molecule has 152 valence electrons. The normalized spacial score (nSPS) is 12.4. The van der Waals surface area contributed by atoms with Gasteiger partial charge in [-0.15, -0.1) is 11.3 Å². The molecule has 0 spiro atoms. The molecule has 3 rings (SSSR count). The summed E-state index contributed by atoms with van der Waals surface area (Å²) in [6, 6.07) is 7.99. The van der Waals surface area contributed by atoms with Crippen molar-refractivity contribution in [3.8, 4) is 0 Å². The molecule has 2 heterocycles. The van der Waals surface area contributed by atoms with Crippen LogP contribution in [0.3, 0.4) is 0 Å². The van der Waals surface area contributed by atoms with E-state index >= 15 is 0 Å². The Hall–Kier alpha value is -2.73. The fourth-order valence-electron chi connectivity index (χ4n) is 3.06. The number of fused-ring (bicyclic) bond motifs is 1. The number of hydrogen-bond donors (Lipinski definition) is 1. The van der Waals surface area contributed by atoms with Gasteiger partial charge in [-0.05, 0) is 49.0 Å². The third-order valence-electron chi connectivity index (χ3n) is 4.88. The molecule has 1 N–H and O–H groups in total. The van der Waals surface area contributed by atoms with Gasteiger partial charge in [0.1, 0.15) is 16.2 Å². The molecular weight excluding hydrogens is 384 g/mol. The molecule has 0 saturated carbocycles. The second kappa shape index (κ2) is 7.95. The Morgan fingerprint density at radius 3 is 2.45 bits per heavy atom. The number of H-pyrrole nitrogens is 1. The van der Waals surface area contributed by atoms with Crippen molar-refractivity contribution in [2.45, 2.75) is 47.0 Å². The number of aromatic nitrogens is 2. The van der Waals surface area contributed by atoms with E-state index in [-0.39, 0.29) is 29.0 Å². The van der Waals surface area contributed by atoms with E-state index in [2.05, 4.69) is 30.7 Å². The molecule has 2 aromatic heterocycles. The number of nitrogens with one attached hydrogen (secondary N) is 1. The van der Waals surface area contributed by atoms with Crippen LogP contribution in [0.2, 0.25) is 0 Å². The van der Waals surface area contributed by atoms with Crippen molar-refractivity contribution in [3.05, 3.63) is 62.0 Å². The van der Waals surface area contributed by atoms with Crippen LogP contribution in [0, 0.1) is 13.8 Å². The van der Waals surface area contributed by atoms with Gasteiger partial charge in [-0.2, -0.15) is 0 Å². The quantitative estimate of drug-likeness (QED) is 0.485. The van der Waals surface area contributed by atoms with Crippen molar-refractivity contribution in [2.24, 2.45) is 0 Å². The molecule has 0 fully saturated rings. The minimum absolute atomic E-state index is 0.0406. The third kappa shape index (κ3) is 4.32. The standard InChI is InChI=1S/C23H26N2O3S/c1-7-28-22(27)17(12-15-8-10-16(11-9-15)23(4,5)6)19-24-20(26)18-13(2)14(3)29-21(18)25-19/h8-12H,7H2,1-6H3,(H,24,25,26). The Morgan fingerprint density at radius 1 is 1.21 bits per heavy atom. The topological polar surface area (TPSA) is 72.0 Å². The van der Waals surface area contributed by atoms with Crippen LogP contribution in [0.5, 0.6) is 0 Å². The van der Waals surface area contributed by atoms with E-state index in [4.69, 9.17) is 4.74 Å². The van der Waals surface area contributed by atoms with Gasteiger partial charge in [-0.25, -0.2) is 9.78 Å². The Morgan fingerprint density at radius 2 is 1.86 bits per heavy atom. The van der Waals surface area contributed by atoms with E-state index in [0.717, 1.165) is 16.0 Å². The Kier molecular flexibility index (Phi) is 5.75. The van der Waals surface area contributed by atoms with Crippen LogP contribution in [0.15, 0.2) is 29.1 Å². The zero-order valence-corrected chi connectivity index (χ0v) is 18.5. The number of esters is 1. The maximum Gasteiger partial charge on any atom is 0.341 e. The van der Waals surface area contributed by atoms with Gasteiger partial charge in [-0.3, -0.25) is 4.79 Å². The van der Waals surface area contributed by atoms with Gasteiger partial charge in [0.05, 0.1) is 12.0 Å². The predicted octanol–water partition coefficient (Wildman–Crippen LogP) is 5.00. The Balaban J connectivity index is 2.13. The molecule has 0 aliphatic rings. The Bertz CT molecular complexity index is 1150. The number of rotatable bonds is 4. The van der Waals surface area contributed by atoms with E-state index in [1.807, 2.05) is 38.1 Å². The second-order valence-electron chi connectivity index (χ2n) is 8.03. The van der Waals surface area contributed by atoms with Gasteiger partial charge >= 0.3 is 5.97 Å². The zero-order chi connectivity index (χ0) is 21.3. The summed E-state index contributed by atoms with van der Waals surface area (Å²) in [7, 11) is 0. The molecule has 6 heteroatoms. The minimum Gasteiger partial charge on any atom is -0.462 e. The maximum atomic E-state index is 12.7. The third-order valence-corrected chi connectivity index (χ3v) is 5.98. The van der Waals surface area contributed by atoms with Crippen LogP contribution in [-0.2, 0) is 14.9 Å². The summed E-state index contributed by atoms with van der Waals surface area (Å²) in [6.07, 6.45) is 1.71. The van der Waals surface area contributed by atoms with E-state index in [0.29, 0.717) is 10.2 Å². The second-order valence-corrected chi connectivity index (χ2v) is 9.23. The SMILES string of the molecule is CCOC(=O)C(=Cc1ccc(C(C)(C)C)cc1)c1nc2sc(C)c(C)c2c(=O)[nH]1. The monoisotopic (exact) mass is 410 g/mol. The number of nitrogens with zero attached hydrogens (tertiary/aromatic N) is 1. The number of aromatic amines is 1. The number of thiophene rings is 1. The zero-order valence-electron chi connectivity index (χ0n) is 17.7. The van der Waals surface area contributed by atoms with Gasteiger partial charge in [0, 0.05) is 4.88 Å². The highest BCUT2D eigenvalue weighted by Gasteiger charge is 2.20. The number of ether oxygens (including phenoxy) is 1. The van der Waals surface area contributed by atoms with Crippen molar-refractivity contribution in [1.82, 2.24) is 9.97 Å². The molecule has 29 heavy (non-hydrogen) atoms. The first-order valence-electron chi connectivity index (χ1n) is 9.61. The highest BCUT2D eigenvalue weighted by molar-refractivity contribution is 7.18. The molecular formula is C23H26N2O3S. The summed E-state index contributed by atoms with van der Waals surface area (Å²) in [4.78, 5) is 34.3. The van der Waals surface area contributed by atoms with Crippen molar-refractivity contribution in [2.75, 3.05) is 6.61 Å². The number of carbonyl (C=O) groups is 1. The molecule has 0 aliphatic carbocycles. The Labute approximate surface area is 174 Å². The number of benzene rings is 1. The molecule has 0 atom stereocenters. The van der Waals surface area contributed by atoms with Crippen molar-refractivity contribution in [3.63, 3.8) is 0 Å². The maximum absolute atomic E-state index is 12.7. The lowest BCUT2D eigenvalue weighted by atomic mass is 9.86. The minimum atomic E-state index is -0.514. The van der Waals surface area contributed by atoms with Crippen LogP contribution in [-0.4, -0.2) is 22.5 Å². The van der Waals surface area contributed by atoms with Gasteiger partial charge in [0.2, 0.25) is 0 Å². The van der Waals surface area contributed by atoms with Crippen molar-refractivity contribution >= 4 is 39.2 Å². The van der Waals surface area contributed by atoms with Crippen LogP contribution >= 0.6 is 11.3 Å². The van der Waals surface area contributed by atoms with Crippen LogP contribution in [0.25, 0.3) is 21.9 Å². The largest absolute Gasteiger partial charge is 0.462 e. The van der Waals surface area contributed by atoms with Crippen LogP contribution in [0.4, 0.5) is 0 Å². The van der Waals surface area contributed by atoms with Crippen LogP contribution in [0.1, 0.15) is 55.1 Å². The molecule has 5 nitrogen and oxygen atoms in total. The van der Waals surface area contributed by atoms with Gasteiger partial charge in [-0.1, -0.05) is 45.0 Å². The summed E-state index contributed by atoms with van der Waals surface area (Å²) >= 11 is 1.45. The molecule has 0 radical (unpaired) electrons. The fourth-order valence-corrected chi connectivity index (χ4v) is 4.09.